The minimum Gasteiger partial charge on any atom is -0.491 e. The number of carbonyl (C=O) groups is 2. The molecule has 34 heavy (non-hydrogen) atoms. The van der Waals surface area contributed by atoms with Crippen LogP contribution < -0.4 is 20.9 Å². The van der Waals surface area contributed by atoms with Gasteiger partial charge in [0, 0.05) is 11.6 Å². The van der Waals surface area contributed by atoms with E-state index in [-0.39, 0.29) is 12.1 Å². The van der Waals surface area contributed by atoms with Gasteiger partial charge in [0.2, 0.25) is 0 Å². The van der Waals surface area contributed by atoms with Crippen LogP contribution in [0.25, 0.3) is 11.0 Å². The summed E-state index contributed by atoms with van der Waals surface area (Å²) < 4.78 is 11.7. The van der Waals surface area contributed by atoms with Gasteiger partial charge in [-0.3, -0.25) is 4.98 Å². The van der Waals surface area contributed by atoms with Crippen LogP contribution in [-0.2, 0) is 4.74 Å². The lowest BCUT2D eigenvalue weighted by molar-refractivity contribution is 0.0525. The van der Waals surface area contributed by atoms with Crippen molar-refractivity contribution in [1.82, 2.24) is 15.0 Å². The quantitative estimate of drug-likeness (QED) is 0.350. The van der Waals surface area contributed by atoms with E-state index in [2.05, 4.69) is 20.6 Å². The molecule has 0 fully saturated rings. The molecule has 0 saturated heterocycles. The lowest BCUT2D eigenvalue weighted by Gasteiger charge is -2.19. The number of benzene rings is 2. The van der Waals surface area contributed by atoms with Crippen LogP contribution in [0.15, 0.2) is 53.7 Å². The predicted molar refractivity (Wildman–Crippen MR) is 127 cm³/mol. The van der Waals surface area contributed by atoms with Crippen LogP contribution in [0, 0.1) is 0 Å². The second kappa shape index (κ2) is 10.9. The van der Waals surface area contributed by atoms with Crippen molar-refractivity contribution >= 4 is 40.4 Å². The van der Waals surface area contributed by atoms with E-state index in [1.165, 1.54) is 12.3 Å². The molecule has 0 aliphatic rings. The first-order chi connectivity index (χ1) is 16.1. The molecule has 0 unspecified atom stereocenters. The second-order valence-corrected chi connectivity index (χ2v) is 8.67. The molecule has 0 bridgehead atoms. The predicted octanol–water partition coefficient (Wildman–Crippen LogP) is 4.35. The normalized spacial score (nSPS) is 11.8. The van der Waals surface area contributed by atoms with E-state index in [4.69, 9.17) is 21.1 Å². The molecule has 0 aliphatic carbocycles. The number of aromatic nitrogens is 2. The van der Waals surface area contributed by atoms with Crippen LogP contribution >= 0.6 is 11.6 Å². The van der Waals surface area contributed by atoms with E-state index in [0.717, 1.165) is 4.73 Å². The number of urea groups is 1. The van der Waals surface area contributed by atoms with Gasteiger partial charge in [-0.15, -0.1) is 0 Å². The van der Waals surface area contributed by atoms with Gasteiger partial charge in [-0.1, -0.05) is 23.7 Å². The molecule has 10 nitrogen and oxygen atoms in total. The van der Waals surface area contributed by atoms with Gasteiger partial charge < -0.3 is 25.3 Å². The summed E-state index contributed by atoms with van der Waals surface area (Å²) in [6.07, 6.45) is 1.29. The maximum absolute atomic E-state index is 12.5. The standard InChI is InChI=1S/C23H26ClN5O5/c1-23(2,3)34-22(31)25-11-6-12-33-19-10-9-15(24)13-17(19)27-21(30)28-20-14-26-16-7-4-5-8-18(16)29(20)32/h4-5,7-10,13-14,32H,6,11-12H2,1-3H3,(H,25,31)(H,27,30)/b28-20+. The number of halogens is 1. The van der Waals surface area contributed by atoms with Crippen molar-refractivity contribution in [1.29, 1.82) is 0 Å². The van der Waals surface area contributed by atoms with Crippen LogP contribution in [0.5, 0.6) is 5.75 Å². The molecule has 0 spiro atoms. The Hall–Kier alpha value is -3.79. The van der Waals surface area contributed by atoms with Crippen LogP contribution in [0.3, 0.4) is 0 Å². The van der Waals surface area contributed by atoms with Crippen molar-refractivity contribution < 1.29 is 24.3 Å². The Morgan fingerprint density at radius 3 is 2.74 bits per heavy atom. The third kappa shape index (κ3) is 7.11. The maximum atomic E-state index is 12.5. The average Bonchev–Trinajstić information content (AvgIpc) is 2.76. The van der Waals surface area contributed by atoms with Crippen molar-refractivity contribution in [3.05, 3.63) is 59.2 Å². The van der Waals surface area contributed by atoms with E-state index in [9.17, 15) is 14.8 Å². The number of ether oxygens (including phenoxy) is 2. The van der Waals surface area contributed by atoms with Gasteiger partial charge in [-0.2, -0.15) is 9.72 Å². The number of hydrogen-bond donors (Lipinski definition) is 3. The molecule has 11 heteroatoms. The first-order valence-corrected chi connectivity index (χ1v) is 10.9. The smallest absolute Gasteiger partial charge is 0.407 e. The van der Waals surface area contributed by atoms with E-state index in [0.29, 0.717) is 40.5 Å². The summed E-state index contributed by atoms with van der Waals surface area (Å²) in [4.78, 5) is 32.2. The lowest BCUT2D eigenvalue weighted by Crippen LogP contribution is -2.33. The van der Waals surface area contributed by atoms with Gasteiger partial charge in [0.15, 0.2) is 5.49 Å². The summed E-state index contributed by atoms with van der Waals surface area (Å²) >= 11 is 6.07. The van der Waals surface area contributed by atoms with Gasteiger partial charge in [0.1, 0.15) is 16.9 Å². The fourth-order valence-electron chi connectivity index (χ4n) is 2.87. The molecule has 1 aromatic heterocycles. The minimum atomic E-state index is -0.751. The number of nitrogens with one attached hydrogen (secondary N) is 2. The topological polar surface area (TPSA) is 127 Å². The van der Waals surface area contributed by atoms with E-state index >= 15 is 0 Å². The molecule has 3 rings (SSSR count). The Labute approximate surface area is 201 Å². The Bertz CT molecular complexity index is 1250. The Morgan fingerprint density at radius 1 is 1.21 bits per heavy atom. The number of rotatable bonds is 6. The molecule has 2 aromatic carbocycles. The number of hydrogen-bond acceptors (Lipinski definition) is 6. The Balaban J connectivity index is 1.63. The van der Waals surface area contributed by atoms with Gasteiger partial charge >= 0.3 is 12.1 Å². The van der Waals surface area contributed by atoms with E-state index in [1.807, 2.05) is 0 Å². The molecule has 0 atom stereocenters. The van der Waals surface area contributed by atoms with Crippen molar-refractivity contribution in [3.8, 4) is 5.75 Å². The van der Waals surface area contributed by atoms with Gasteiger partial charge in [0.25, 0.3) is 0 Å². The highest BCUT2D eigenvalue weighted by Gasteiger charge is 2.15. The number of anilines is 1. The second-order valence-electron chi connectivity index (χ2n) is 8.23. The highest BCUT2D eigenvalue weighted by molar-refractivity contribution is 6.31. The summed E-state index contributed by atoms with van der Waals surface area (Å²) in [6.45, 7) is 5.98. The first kappa shape index (κ1) is 24.8. The van der Waals surface area contributed by atoms with Gasteiger partial charge in [-0.25, -0.2) is 9.59 Å². The molecule has 0 radical (unpaired) electrons. The fourth-order valence-corrected chi connectivity index (χ4v) is 3.04. The molecule has 180 valence electrons. The summed E-state index contributed by atoms with van der Waals surface area (Å²) in [5.41, 5.74) is 0.646. The number of fused-ring (bicyclic) bond motifs is 1. The van der Waals surface area contributed by atoms with Crippen LogP contribution in [0.4, 0.5) is 15.3 Å². The van der Waals surface area contributed by atoms with E-state index in [1.54, 1.807) is 57.2 Å². The summed E-state index contributed by atoms with van der Waals surface area (Å²) in [5.74, 6) is 0.374. The number of carbonyl (C=O) groups excluding carboxylic acids is 2. The van der Waals surface area contributed by atoms with Crippen molar-refractivity contribution in [2.75, 3.05) is 18.5 Å². The summed E-state index contributed by atoms with van der Waals surface area (Å²) in [5, 5.41) is 16.0. The van der Waals surface area contributed by atoms with E-state index < -0.39 is 17.7 Å². The van der Waals surface area contributed by atoms with Crippen molar-refractivity contribution in [2.24, 2.45) is 4.99 Å². The number of para-hydroxylation sites is 2. The average molecular weight is 488 g/mol. The van der Waals surface area contributed by atoms with Crippen LogP contribution in [-0.4, -0.2) is 45.8 Å². The Morgan fingerprint density at radius 2 is 1.97 bits per heavy atom. The largest absolute Gasteiger partial charge is 0.491 e. The van der Waals surface area contributed by atoms with Gasteiger partial charge in [-0.05, 0) is 57.5 Å². The first-order valence-electron chi connectivity index (χ1n) is 10.5. The molecule has 1 heterocycles. The highest BCUT2D eigenvalue weighted by Crippen LogP contribution is 2.28. The van der Waals surface area contributed by atoms with Crippen molar-refractivity contribution in [3.63, 3.8) is 0 Å². The molecular formula is C23H26ClN5O5. The number of amides is 3. The van der Waals surface area contributed by atoms with Gasteiger partial charge in [0.05, 0.1) is 24.0 Å². The monoisotopic (exact) mass is 487 g/mol. The Kier molecular flexibility index (Phi) is 7.95. The molecule has 0 aliphatic heterocycles. The molecule has 3 amide bonds. The minimum absolute atomic E-state index is 0.0473. The molecular weight excluding hydrogens is 462 g/mol. The molecule has 3 aromatic rings. The van der Waals surface area contributed by atoms with Crippen LogP contribution in [0.1, 0.15) is 27.2 Å². The zero-order valence-electron chi connectivity index (χ0n) is 19.0. The molecule has 0 saturated carbocycles. The SMILES string of the molecule is CC(C)(C)OC(=O)NCCCOc1ccc(Cl)cc1NC(=O)/N=c1\cnc2ccccc2n1O. The number of alkyl carbamates (subject to hydrolysis) is 1. The zero-order valence-corrected chi connectivity index (χ0v) is 19.8. The number of nitrogens with zero attached hydrogens (tertiary/aromatic N) is 3. The highest BCUT2D eigenvalue weighted by atomic mass is 35.5. The zero-order chi connectivity index (χ0) is 24.7. The third-order valence-corrected chi connectivity index (χ3v) is 4.53. The lowest BCUT2D eigenvalue weighted by atomic mass is 10.2. The maximum Gasteiger partial charge on any atom is 0.407 e. The van der Waals surface area contributed by atoms with Crippen LogP contribution in [0.2, 0.25) is 5.02 Å². The van der Waals surface area contributed by atoms with Crippen molar-refractivity contribution in [2.45, 2.75) is 32.8 Å². The summed E-state index contributed by atoms with van der Waals surface area (Å²) in [6, 6.07) is 10.9. The fraction of sp³-hybridized carbons (Fsp3) is 0.304. The summed E-state index contributed by atoms with van der Waals surface area (Å²) in [7, 11) is 0. The molecule has 3 N–H and O–H groups in total. The third-order valence-electron chi connectivity index (χ3n) is 4.29.